The molecule has 0 saturated carbocycles. The Bertz CT molecular complexity index is 1580. The number of carbonyl (C=O) groups excluding carboxylic acids is 3. The van der Waals surface area contributed by atoms with Crippen molar-refractivity contribution in [1.29, 1.82) is 0 Å². The summed E-state index contributed by atoms with van der Waals surface area (Å²) in [7, 11) is 0. The van der Waals surface area contributed by atoms with Crippen LogP contribution >= 0.6 is 0 Å². The first kappa shape index (κ1) is 29.7. The second-order valence-corrected chi connectivity index (χ2v) is 11.0. The molecule has 0 aromatic heterocycles. The topological polar surface area (TPSA) is 136 Å². The molecule has 3 aromatic rings. The molecule has 232 valence electrons. The van der Waals surface area contributed by atoms with Gasteiger partial charge in [0.1, 0.15) is 24.3 Å². The van der Waals surface area contributed by atoms with Gasteiger partial charge in [-0.05, 0) is 34.9 Å². The van der Waals surface area contributed by atoms with Gasteiger partial charge in [-0.15, -0.1) is 12.1 Å². The molecule has 0 spiro atoms. The van der Waals surface area contributed by atoms with Crippen LogP contribution in [0.15, 0.2) is 96.6 Å². The molecule has 45 heavy (non-hydrogen) atoms. The van der Waals surface area contributed by atoms with Crippen molar-refractivity contribution < 1.29 is 19.5 Å². The minimum atomic E-state index is -0.878. The second kappa shape index (κ2) is 13.1. The van der Waals surface area contributed by atoms with Crippen LogP contribution in [-0.4, -0.2) is 81.0 Å². The highest BCUT2D eigenvalue weighted by molar-refractivity contribution is 5.92. The van der Waals surface area contributed by atoms with E-state index >= 15 is 0 Å². The lowest BCUT2D eigenvalue weighted by atomic mass is 9.98. The van der Waals surface area contributed by atoms with Crippen molar-refractivity contribution >= 4 is 29.9 Å². The van der Waals surface area contributed by atoms with Gasteiger partial charge in [0.25, 0.3) is 0 Å². The van der Waals surface area contributed by atoms with E-state index in [1.165, 1.54) is 0 Å². The Morgan fingerprint density at radius 2 is 1.78 bits per heavy atom. The zero-order valence-corrected chi connectivity index (χ0v) is 24.6. The Balaban J connectivity index is 1.35. The molecule has 0 bridgehead atoms. The minimum absolute atomic E-state index is 0.0869. The van der Waals surface area contributed by atoms with E-state index in [0.717, 1.165) is 22.4 Å². The van der Waals surface area contributed by atoms with Gasteiger partial charge in [-0.25, -0.2) is 25.4 Å². The average Bonchev–Trinajstić information content (AvgIpc) is 3.59. The number of hydrogen-bond donors (Lipinski definition) is 4. The van der Waals surface area contributed by atoms with Gasteiger partial charge in [0.2, 0.25) is 11.8 Å². The maximum atomic E-state index is 14.3. The number of benzene rings is 3. The maximum absolute atomic E-state index is 14.3. The maximum Gasteiger partial charge on any atom is 0.334 e. The summed E-state index contributed by atoms with van der Waals surface area (Å²) in [5.41, 5.74) is 8.97. The number of phenolic OH excluding ortho intramolecular Hbond substituents is 1. The summed E-state index contributed by atoms with van der Waals surface area (Å²) in [5, 5.41) is 21.8. The molecule has 2 atom stereocenters. The van der Waals surface area contributed by atoms with Crippen molar-refractivity contribution in [1.82, 2.24) is 36.2 Å². The molecule has 13 heteroatoms. The van der Waals surface area contributed by atoms with Crippen LogP contribution < -0.4 is 21.4 Å². The summed E-state index contributed by atoms with van der Waals surface area (Å²) < 4.78 is 0. The number of nitrogens with one attached hydrogen (secondary N) is 3. The molecule has 13 nitrogen and oxygen atoms in total. The first-order valence-corrected chi connectivity index (χ1v) is 14.7. The lowest BCUT2D eigenvalue weighted by Crippen LogP contribution is -2.76. The van der Waals surface area contributed by atoms with E-state index in [9.17, 15) is 19.5 Å². The smallest absolute Gasteiger partial charge is 0.334 e. The molecule has 3 aromatic carbocycles. The van der Waals surface area contributed by atoms with Crippen molar-refractivity contribution in [3.05, 3.63) is 108 Å². The minimum Gasteiger partial charge on any atom is -0.508 e. The van der Waals surface area contributed by atoms with Gasteiger partial charge in [-0.3, -0.25) is 9.59 Å². The lowest BCUT2D eigenvalue weighted by molar-refractivity contribution is -0.189. The summed E-state index contributed by atoms with van der Waals surface area (Å²) in [6, 6.07) is 22.5. The molecule has 3 aliphatic rings. The quantitative estimate of drug-likeness (QED) is 0.270. The normalized spacial score (nSPS) is 19.8. The Kier molecular flexibility index (Phi) is 8.62. The Labute approximate surface area is 260 Å². The number of fused-ring (bicyclic) bond motifs is 1. The molecule has 4 amide bonds. The number of hydrazine groups is 3. The number of piperazine rings is 1. The van der Waals surface area contributed by atoms with Crippen molar-refractivity contribution in [3.63, 3.8) is 0 Å². The highest BCUT2D eigenvalue weighted by atomic mass is 16.3. The number of anilines is 1. The molecule has 4 N–H and O–H groups in total. The third-order valence-electron chi connectivity index (χ3n) is 8.05. The number of urea groups is 1. The highest BCUT2D eigenvalue weighted by Gasteiger charge is 2.51. The zero-order valence-electron chi connectivity index (χ0n) is 24.6. The van der Waals surface area contributed by atoms with Gasteiger partial charge in [0, 0.05) is 26.1 Å². The standard InChI is InChI=1S/C32H35N9O4/c1-2-16-38-21-30(43)40-28(17-23-12-14-26(42)15-13-23)31(44)37(19-25-10-6-7-11-27(25)39-22-34-35-36-39)20-29(40)41(38)32(45)33-18-24-8-4-3-5-9-24/h2-15,22,28-29,35-36,42H,1,16-21H2,(H,33,45)/t28-,29-/m0/s1. The highest BCUT2D eigenvalue weighted by Crippen LogP contribution is 2.31. The fourth-order valence-electron chi connectivity index (χ4n) is 5.96. The van der Waals surface area contributed by atoms with E-state index in [4.69, 9.17) is 0 Å². The third-order valence-corrected chi connectivity index (χ3v) is 8.05. The molecular weight excluding hydrogens is 574 g/mol. The Morgan fingerprint density at radius 3 is 2.51 bits per heavy atom. The molecule has 3 aliphatic heterocycles. The van der Waals surface area contributed by atoms with Gasteiger partial charge in [-0.1, -0.05) is 66.7 Å². The summed E-state index contributed by atoms with van der Waals surface area (Å²) in [5.74, 6) is -0.381. The fraction of sp³-hybridized carbons (Fsp3) is 0.250. The van der Waals surface area contributed by atoms with E-state index in [0.29, 0.717) is 6.54 Å². The predicted octanol–water partition coefficient (Wildman–Crippen LogP) is 1.90. The number of amides is 4. The van der Waals surface area contributed by atoms with Crippen molar-refractivity contribution in [2.45, 2.75) is 31.7 Å². The lowest BCUT2D eigenvalue weighted by Gasteiger charge is -2.55. The van der Waals surface area contributed by atoms with Crippen molar-refractivity contribution in [2.24, 2.45) is 5.10 Å². The number of para-hydroxylation sites is 1. The van der Waals surface area contributed by atoms with Crippen LogP contribution in [0, 0.1) is 0 Å². The fourth-order valence-corrected chi connectivity index (χ4v) is 5.96. The van der Waals surface area contributed by atoms with E-state index in [-0.39, 0.29) is 56.2 Å². The molecule has 2 saturated heterocycles. The SMILES string of the molecule is C=CCN1CC(=O)N2[C@@H](Cc3ccc(O)cc3)C(=O)N(Cc3ccccc3N3C=NNN3)C[C@@H]2N1C(=O)NCc1ccccc1. The predicted molar refractivity (Wildman–Crippen MR) is 168 cm³/mol. The van der Waals surface area contributed by atoms with Crippen LogP contribution in [0.25, 0.3) is 0 Å². The van der Waals surface area contributed by atoms with Crippen molar-refractivity contribution in [3.8, 4) is 5.75 Å². The number of phenols is 1. The van der Waals surface area contributed by atoms with Gasteiger partial charge >= 0.3 is 6.03 Å². The monoisotopic (exact) mass is 609 g/mol. The molecule has 6 rings (SSSR count). The number of aromatic hydroxyl groups is 1. The molecule has 0 aliphatic carbocycles. The summed E-state index contributed by atoms with van der Waals surface area (Å²) >= 11 is 0. The average molecular weight is 610 g/mol. The summed E-state index contributed by atoms with van der Waals surface area (Å²) in [6.07, 6.45) is 2.68. The van der Waals surface area contributed by atoms with E-state index in [1.807, 2.05) is 54.6 Å². The van der Waals surface area contributed by atoms with E-state index < -0.39 is 12.2 Å². The number of hydrazone groups is 1. The summed E-state index contributed by atoms with van der Waals surface area (Å²) in [4.78, 5) is 45.3. The van der Waals surface area contributed by atoms with Crippen LogP contribution in [0.1, 0.15) is 16.7 Å². The molecule has 0 unspecified atom stereocenters. The van der Waals surface area contributed by atoms with Crippen LogP contribution in [0.3, 0.4) is 0 Å². The number of hydrogen-bond acceptors (Lipinski definition) is 9. The van der Waals surface area contributed by atoms with Gasteiger partial charge in [0.05, 0.1) is 18.8 Å². The Hall–Kier alpha value is -5.40. The zero-order chi connectivity index (χ0) is 31.3. The van der Waals surface area contributed by atoms with Gasteiger partial charge in [0.15, 0.2) is 0 Å². The molecule has 3 heterocycles. The molecular formula is C32H35N9O4. The van der Waals surface area contributed by atoms with Gasteiger partial charge in [-0.2, -0.15) is 5.10 Å². The molecule has 2 fully saturated rings. The second-order valence-electron chi connectivity index (χ2n) is 11.0. The van der Waals surface area contributed by atoms with Crippen molar-refractivity contribution in [2.75, 3.05) is 24.6 Å². The number of rotatable bonds is 9. The largest absolute Gasteiger partial charge is 0.508 e. The van der Waals surface area contributed by atoms with Crippen LogP contribution in [-0.2, 0) is 29.1 Å². The number of carbonyl (C=O) groups is 3. The van der Waals surface area contributed by atoms with E-state index in [2.05, 4.69) is 28.1 Å². The van der Waals surface area contributed by atoms with Crippen LogP contribution in [0.2, 0.25) is 0 Å². The number of nitrogens with zero attached hydrogens (tertiary/aromatic N) is 6. The Morgan fingerprint density at radius 1 is 1.02 bits per heavy atom. The first-order chi connectivity index (χ1) is 21.9. The van der Waals surface area contributed by atoms with Crippen LogP contribution in [0.4, 0.5) is 10.5 Å². The van der Waals surface area contributed by atoms with E-state index in [1.54, 1.807) is 61.5 Å². The van der Waals surface area contributed by atoms with Crippen LogP contribution in [0.5, 0.6) is 5.75 Å². The third kappa shape index (κ3) is 6.30. The summed E-state index contributed by atoms with van der Waals surface area (Å²) in [6.45, 7) is 4.64. The molecule has 0 radical (unpaired) electrons. The first-order valence-electron chi connectivity index (χ1n) is 14.7. The van der Waals surface area contributed by atoms with Gasteiger partial charge < -0.3 is 20.2 Å².